The number of esters is 1. The number of carbonyl (C=O) groups is 2. The normalized spacial score (nSPS) is 9.14. The Balaban J connectivity index is 0.000000335. The van der Waals surface area contributed by atoms with Crippen molar-refractivity contribution in [3.63, 3.8) is 0 Å². The minimum Gasteiger partial charge on any atom is -0.477 e. The van der Waals surface area contributed by atoms with Crippen LogP contribution in [0.25, 0.3) is 0 Å². The predicted octanol–water partition coefficient (Wildman–Crippen LogP) is 2.77. The van der Waals surface area contributed by atoms with Crippen LogP contribution in [0.5, 0.6) is 0 Å². The van der Waals surface area contributed by atoms with Gasteiger partial charge < -0.3 is 9.84 Å². The Morgan fingerprint density at radius 3 is 1.91 bits per heavy atom. The number of ether oxygens (including phenoxy) is 1. The molecule has 22 heavy (non-hydrogen) atoms. The van der Waals surface area contributed by atoms with Crippen molar-refractivity contribution in [1.82, 2.24) is 0 Å². The molecule has 0 aliphatic carbocycles. The zero-order valence-corrected chi connectivity index (χ0v) is 11.6. The molecular formula is C15H13NO6. The van der Waals surface area contributed by atoms with Gasteiger partial charge in [0, 0.05) is 6.07 Å². The summed E-state index contributed by atoms with van der Waals surface area (Å²) in [5.41, 5.74) is -1.65. The van der Waals surface area contributed by atoms with E-state index in [0.717, 1.165) is 19.2 Å². The highest BCUT2D eigenvalue weighted by atomic mass is 16.6. The van der Waals surface area contributed by atoms with Crippen LogP contribution in [0.2, 0.25) is 0 Å². The van der Waals surface area contributed by atoms with E-state index >= 15 is 0 Å². The van der Waals surface area contributed by atoms with Crippen molar-refractivity contribution in [3.05, 3.63) is 75.8 Å². The number of carbonyl (C=O) groups excluding carboxylic acids is 1. The molecule has 0 bridgehead atoms. The van der Waals surface area contributed by atoms with Crippen molar-refractivity contribution in [1.29, 1.82) is 0 Å². The molecule has 2 aromatic rings. The van der Waals surface area contributed by atoms with E-state index in [1.807, 2.05) is 36.4 Å². The van der Waals surface area contributed by atoms with Crippen LogP contribution in [0.1, 0.15) is 20.7 Å². The number of rotatable bonds is 3. The van der Waals surface area contributed by atoms with Gasteiger partial charge in [-0.15, -0.1) is 0 Å². The van der Waals surface area contributed by atoms with E-state index in [9.17, 15) is 19.7 Å². The number of carboxylic acids is 1. The molecule has 0 aliphatic heterocycles. The number of aromatic carboxylic acids is 1. The third kappa shape index (κ3) is 4.41. The van der Waals surface area contributed by atoms with Gasteiger partial charge in [-0.2, -0.15) is 0 Å². The Morgan fingerprint density at radius 1 is 1.05 bits per heavy atom. The maximum absolute atomic E-state index is 11.2. The number of hydrogen-bond donors (Lipinski definition) is 1. The predicted molar refractivity (Wildman–Crippen MR) is 77.8 cm³/mol. The van der Waals surface area contributed by atoms with Crippen molar-refractivity contribution >= 4 is 17.6 Å². The third-order valence-corrected chi connectivity index (χ3v) is 2.53. The number of hydrogen-bond acceptors (Lipinski definition) is 5. The molecule has 0 aromatic heterocycles. The van der Waals surface area contributed by atoms with Gasteiger partial charge >= 0.3 is 11.9 Å². The average molecular weight is 303 g/mol. The van der Waals surface area contributed by atoms with Crippen molar-refractivity contribution in [2.75, 3.05) is 7.11 Å². The summed E-state index contributed by atoms with van der Waals surface area (Å²) in [6, 6.07) is 15.4. The smallest absolute Gasteiger partial charge is 0.343 e. The van der Waals surface area contributed by atoms with Crippen LogP contribution in [-0.4, -0.2) is 29.1 Å². The molecule has 0 spiro atoms. The van der Waals surface area contributed by atoms with Crippen LogP contribution in [0, 0.1) is 10.1 Å². The average Bonchev–Trinajstić information content (AvgIpc) is 2.55. The number of nitrogens with zero attached hydrogens (tertiary/aromatic N) is 1. The van der Waals surface area contributed by atoms with Gasteiger partial charge in [0.1, 0.15) is 0 Å². The van der Waals surface area contributed by atoms with Crippen molar-refractivity contribution < 1.29 is 24.4 Å². The standard InChI is InChI=1S/C9H7NO6.C6H6/c1-16-9(13)5-3-2-4-6(10(14)15)7(5)8(11)12;1-2-4-6-5-3-1/h2-4H,1H3,(H,11,12);1-6H. The molecule has 0 fully saturated rings. The van der Waals surface area contributed by atoms with Gasteiger partial charge in [-0.1, -0.05) is 42.5 Å². The first-order valence-corrected chi connectivity index (χ1v) is 6.08. The first-order valence-electron chi connectivity index (χ1n) is 6.08. The molecule has 0 saturated heterocycles. The molecule has 0 aliphatic rings. The molecule has 1 N–H and O–H groups in total. The Bertz CT molecular complexity index is 642. The summed E-state index contributed by atoms with van der Waals surface area (Å²) in [6.07, 6.45) is 0. The number of methoxy groups -OCH3 is 1. The van der Waals surface area contributed by atoms with E-state index in [4.69, 9.17) is 5.11 Å². The molecule has 114 valence electrons. The molecule has 7 nitrogen and oxygen atoms in total. The summed E-state index contributed by atoms with van der Waals surface area (Å²) in [5, 5.41) is 19.4. The van der Waals surface area contributed by atoms with E-state index in [0.29, 0.717) is 0 Å². The molecule has 0 heterocycles. The number of nitro groups is 1. The van der Waals surface area contributed by atoms with Crippen molar-refractivity contribution in [2.45, 2.75) is 0 Å². The molecule has 2 aromatic carbocycles. The highest BCUT2D eigenvalue weighted by molar-refractivity contribution is 6.05. The molecular weight excluding hydrogens is 290 g/mol. The molecule has 0 saturated carbocycles. The van der Waals surface area contributed by atoms with E-state index in [2.05, 4.69) is 4.74 Å². The summed E-state index contributed by atoms with van der Waals surface area (Å²) in [5.74, 6) is -2.48. The van der Waals surface area contributed by atoms with Gasteiger partial charge in [0.25, 0.3) is 5.69 Å². The lowest BCUT2D eigenvalue weighted by Gasteiger charge is -2.03. The van der Waals surface area contributed by atoms with E-state index in [-0.39, 0.29) is 5.56 Å². The molecule has 0 unspecified atom stereocenters. The summed E-state index contributed by atoms with van der Waals surface area (Å²) < 4.78 is 4.34. The van der Waals surface area contributed by atoms with Crippen LogP contribution >= 0.6 is 0 Å². The number of carboxylic acid groups (broad SMARTS) is 1. The van der Waals surface area contributed by atoms with Crippen LogP contribution < -0.4 is 0 Å². The van der Waals surface area contributed by atoms with Crippen LogP contribution in [0.15, 0.2) is 54.6 Å². The maximum atomic E-state index is 11.2. The molecule has 2 rings (SSSR count). The van der Waals surface area contributed by atoms with Gasteiger partial charge in [-0.05, 0) is 6.07 Å². The lowest BCUT2D eigenvalue weighted by molar-refractivity contribution is -0.385. The quantitative estimate of drug-likeness (QED) is 0.530. The topological polar surface area (TPSA) is 107 Å². The fourth-order valence-corrected chi connectivity index (χ4v) is 1.58. The second-order valence-corrected chi connectivity index (χ2v) is 3.91. The third-order valence-electron chi connectivity index (χ3n) is 2.53. The van der Waals surface area contributed by atoms with Gasteiger partial charge in [0.05, 0.1) is 17.6 Å². The van der Waals surface area contributed by atoms with Gasteiger partial charge in [-0.25, -0.2) is 9.59 Å². The first-order chi connectivity index (χ1) is 10.5. The maximum Gasteiger partial charge on any atom is 0.343 e. The fraction of sp³-hybridized carbons (Fsp3) is 0.0667. The second kappa shape index (κ2) is 8.15. The van der Waals surface area contributed by atoms with Gasteiger partial charge in [0.15, 0.2) is 5.56 Å². The zero-order chi connectivity index (χ0) is 16.5. The summed E-state index contributed by atoms with van der Waals surface area (Å²) in [6.45, 7) is 0. The van der Waals surface area contributed by atoms with Crippen LogP contribution in [-0.2, 0) is 4.74 Å². The summed E-state index contributed by atoms with van der Waals surface area (Å²) in [7, 11) is 1.06. The highest BCUT2D eigenvalue weighted by Crippen LogP contribution is 2.22. The molecule has 0 radical (unpaired) electrons. The van der Waals surface area contributed by atoms with Crippen molar-refractivity contribution in [2.24, 2.45) is 0 Å². The molecule has 0 amide bonds. The number of nitro benzene ring substituents is 1. The van der Waals surface area contributed by atoms with Gasteiger partial charge in [0.2, 0.25) is 0 Å². The van der Waals surface area contributed by atoms with Crippen LogP contribution in [0.4, 0.5) is 5.69 Å². The molecule has 7 heteroatoms. The Labute approximate surface area is 125 Å². The van der Waals surface area contributed by atoms with Crippen molar-refractivity contribution in [3.8, 4) is 0 Å². The minimum absolute atomic E-state index is 0.343. The number of benzene rings is 2. The Kier molecular flexibility index (Phi) is 6.24. The van der Waals surface area contributed by atoms with Crippen LogP contribution in [0.3, 0.4) is 0 Å². The second-order valence-electron chi connectivity index (χ2n) is 3.91. The fourth-order valence-electron chi connectivity index (χ4n) is 1.58. The summed E-state index contributed by atoms with van der Waals surface area (Å²) in [4.78, 5) is 31.8. The van der Waals surface area contributed by atoms with E-state index in [1.54, 1.807) is 0 Å². The lowest BCUT2D eigenvalue weighted by Crippen LogP contribution is -2.12. The zero-order valence-electron chi connectivity index (χ0n) is 11.6. The summed E-state index contributed by atoms with van der Waals surface area (Å²) >= 11 is 0. The monoisotopic (exact) mass is 303 g/mol. The van der Waals surface area contributed by atoms with E-state index in [1.165, 1.54) is 6.07 Å². The largest absolute Gasteiger partial charge is 0.477 e. The van der Waals surface area contributed by atoms with Gasteiger partial charge in [-0.3, -0.25) is 10.1 Å². The Morgan fingerprint density at radius 2 is 1.55 bits per heavy atom. The Hall–Kier alpha value is -3.22. The highest BCUT2D eigenvalue weighted by Gasteiger charge is 2.27. The SMILES string of the molecule is COC(=O)c1cccc([N+](=O)[O-])c1C(=O)O.c1ccccc1. The van der Waals surface area contributed by atoms with E-state index < -0.39 is 28.1 Å². The lowest BCUT2D eigenvalue weighted by atomic mass is 10.1. The first kappa shape index (κ1) is 16.8. The minimum atomic E-state index is -1.55. The molecule has 0 atom stereocenters.